The zero-order valence-corrected chi connectivity index (χ0v) is 15.6. The van der Waals surface area contributed by atoms with Crippen molar-refractivity contribution in [2.75, 3.05) is 39.3 Å². The Kier molecular flexibility index (Phi) is 6.27. The van der Waals surface area contributed by atoms with Gasteiger partial charge in [-0.2, -0.15) is 0 Å². The number of piperidine rings is 1. The van der Waals surface area contributed by atoms with Crippen LogP contribution < -0.4 is 11.1 Å². The molecule has 2 aliphatic heterocycles. The van der Waals surface area contributed by atoms with Crippen LogP contribution in [0, 0.1) is 5.92 Å². The van der Waals surface area contributed by atoms with Crippen molar-refractivity contribution in [3.05, 3.63) is 35.9 Å². The van der Waals surface area contributed by atoms with Crippen molar-refractivity contribution in [2.24, 2.45) is 11.7 Å². The molecule has 1 aromatic rings. The molecule has 3 N–H and O–H groups in total. The number of carbonyl (C=O) groups excluding carboxylic acids is 2. The maximum atomic E-state index is 12.8. The van der Waals surface area contributed by atoms with E-state index in [-0.39, 0.29) is 17.9 Å². The Balaban J connectivity index is 1.57. The summed E-state index contributed by atoms with van der Waals surface area (Å²) < 4.78 is 0. The highest BCUT2D eigenvalue weighted by Gasteiger charge is 2.34. The Morgan fingerprint density at radius 3 is 2.65 bits per heavy atom. The standard InChI is InChI=1S/C20H30N4O2/c1-15(25)22-18-8-5-9-24(12-18)20(26)14-23-11-17(10-21)19(13-23)16-6-3-2-4-7-16/h2-4,6-7,17-19H,5,8-14,21H2,1H3,(H,22,25)/t17-,18?,19+/m1/s1. The number of likely N-dealkylation sites (tertiary alicyclic amines) is 2. The summed E-state index contributed by atoms with van der Waals surface area (Å²) in [6.07, 6.45) is 1.88. The summed E-state index contributed by atoms with van der Waals surface area (Å²) >= 11 is 0. The van der Waals surface area contributed by atoms with Crippen LogP contribution in [-0.2, 0) is 9.59 Å². The lowest BCUT2D eigenvalue weighted by molar-refractivity contribution is -0.134. The van der Waals surface area contributed by atoms with Crippen molar-refractivity contribution in [3.63, 3.8) is 0 Å². The lowest BCUT2D eigenvalue weighted by atomic mass is 9.89. The second-order valence-electron chi connectivity index (χ2n) is 7.59. The fourth-order valence-corrected chi connectivity index (χ4v) is 4.31. The molecule has 0 aliphatic carbocycles. The molecule has 3 atom stereocenters. The minimum atomic E-state index is -0.0275. The van der Waals surface area contributed by atoms with Crippen LogP contribution in [0.4, 0.5) is 0 Å². The summed E-state index contributed by atoms with van der Waals surface area (Å²) in [6, 6.07) is 10.5. The van der Waals surface area contributed by atoms with E-state index in [0.29, 0.717) is 31.5 Å². The van der Waals surface area contributed by atoms with E-state index in [0.717, 1.165) is 32.5 Å². The number of nitrogens with two attached hydrogens (primary N) is 1. The fraction of sp³-hybridized carbons (Fsp3) is 0.600. The van der Waals surface area contributed by atoms with Crippen molar-refractivity contribution in [2.45, 2.75) is 31.7 Å². The van der Waals surface area contributed by atoms with Crippen molar-refractivity contribution in [3.8, 4) is 0 Å². The van der Waals surface area contributed by atoms with Gasteiger partial charge in [0, 0.05) is 45.1 Å². The Bertz CT molecular complexity index is 621. The Morgan fingerprint density at radius 2 is 1.96 bits per heavy atom. The van der Waals surface area contributed by atoms with Crippen molar-refractivity contribution in [1.29, 1.82) is 0 Å². The van der Waals surface area contributed by atoms with Crippen LogP contribution in [0.25, 0.3) is 0 Å². The van der Waals surface area contributed by atoms with Gasteiger partial charge in [-0.1, -0.05) is 30.3 Å². The maximum absolute atomic E-state index is 12.8. The molecule has 2 saturated heterocycles. The van der Waals surface area contributed by atoms with Crippen LogP contribution in [0.1, 0.15) is 31.2 Å². The molecule has 6 nitrogen and oxygen atoms in total. The van der Waals surface area contributed by atoms with Gasteiger partial charge < -0.3 is 16.0 Å². The molecule has 2 fully saturated rings. The average Bonchev–Trinajstić information content (AvgIpc) is 3.05. The minimum Gasteiger partial charge on any atom is -0.352 e. The van der Waals surface area contributed by atoms with Crippen molar-refractivity contribution < 1.29 is 9.59 Å². The topological polar surface area (TPSA) is 78.7 Å². The largest absolute Gasteiger partial charge is 0.352 e. The highest BCUT2D eigenvalue weighted by Crippen LogP contribution is 2.31. The van der Waals surface area contributed by atoms with E-state index in [2.05, 4.69) is 34.5 Å². The second-order valence-corrected chi connectivity index (χ2v) is 7.59. The summed E-state index contributed by atoms with van der Waals surface area (Å²) in [5, 5.41) is 2.94. The van der Waals surface area contributed by atoms with Crippen molar-refractivity contribution in [1.82, 2.24) is 15.1 Å². The molecule has 2 aliphatic rings. The van der Waals surface area contributed by atoms with E-state index in [1.807, 2.05) is 11.0 Å². The smallest absolute Gasteiger partial charge is 0.236 e. The van der Waals surface area contributed by atoms with Gasteiger partial charge in [0.05, 0.1) is 6.54 Å². The summed E-state index contributed by atoms with van der Waals surface area (Å²) in [4.78, 5) is 28.2. The van der Waals surface area contributed by atoms with E-state index < -0.39 is 0 Å². The van der Waals surface area contributed by atoms with Gasteiger partial charge in [-0.15, -0.1) is 0 Å². The predicted octanol–water partition coefficient (Wildman–Crippen LogP) is 0.788. The number of amides is 2. The zero-order chi connectivity index (χ0) is 18.5. The molecule has 0 bridgehead atoms. The van der Waals surface area contributed by atoms with Gasteiger partial charge in [-0.25, -0.2) is 0 Å². The molecule has 2 amide bonds. The molecule has 1 aromatic carbocycles. The molecule has 1 unspecified atom stereocenters. The number of carbonyl (C=O) groups is 2. The molecule has 142 valence electrons. The molecule has 0 saturated carbocycles. The number of hydrogen-bond donors (Lipinski definition) is 2. The quantitative estimate of drug-likeness (QED) is 0.816. The molecule has 2 heterocycles. The first-order chi connectivity index (χ1) is 12.6. The molecule has 0 spiro atoms. The third kappa shape index (κ3) is 4.62. The Hall–Kier alpha value is -1.92. The molecule has 0 aromatic heterocycles. The van der Waals surface area contributed by atoms with Crippen molar-refractivity contribution >= 4 is 11.8 Å². The van der Waals surface area contributed by atoms with Gasteiger partial charge in [-0.05, 0) is 30.9 Å². The molecular formula is C20H30N4O2. The third-order valence-electron chi connectivity index (χ3n) is 5.59. The first kappa shape index (κ1) is 18.9. The summed E-state index contributed by atoms with van der Waals surface area (Å²) in [5.41, 5.74) is 7.31. The SMILES string of the molecule is CC(=O)NC1CCCN(C(=O)CN2C[C@@H](CN)[C@H](c3ccccc3)C2)C1. The lowest BCUT2D eigenvalue weighted by Crippen LogP contribution is -2.51. The fourth-order valence-electron chi connectivity index (χ4n) is 4.31. The molecule has 26 heavy (non-hydrogen) atoms. The van der Waals surface area contributed by atoms with Gasteiger partial charge >= 0.3 is 0 Å². The normalized spacial score (nSPS) is 26.7. The summed E-state index contributed by atoms with van der Waals surface area (Å²) in [7, 11) is 0. The number of benzene rings is 1. The first-order valence-corrected chi connectivity index (χ1v) is 9.59. The number of nitrogens with one attached hydrogen (secondary N) is 1. The van der Waals surface area contributed by atoms with E-state index in [9.17, 15) is 9.59 Å². The first-order valence-electron chi connectivity index (χ1n) is 9.59. The van der Waals surface area contributed by atoms with Crippen LogP contribution in [0.3, 0.4) is 0 Å². The third-order valence-corrected chi connectivity index (χ3v) is 5.59. The van der Waals surface area contributed by atoms with Crippen LogP contribution in [0.2, 0.25) is 0 Å². The van der Waals surface area contributed by atoms with Crippen LogP contribution in [-0.4, -0.2) is 66.9 Å². The molecule has 0 radical (unpaired) electrons. The molecule has 6 heteroatoms. The van der Waals surface area contributed by atoms with Gasteiger partial charge in [0.1, 0.15) is 0 Å². The van der Waals surface area contributed by atoms with Gasteiger partial charge in [0.15, 0.2) is 0 Å². The highest BCUT2D eigenvalue weighted by atomic mass is 16.2. The van der Waals surface area contributed by atoms with E-state index in [4.69, 9.17) is 5.73 Å². The second kappa shape index (κ2) is 8.64. The Morgan fingerprint density at radius 1 is 1.19 bits per heavy atom. The van der Waals surface area contributed by atoms with Crippen LogP contribution in [0.5, 0.6) is 0 Å². The molecule has 3 rings (SSSR count). The van der Waals surface area contributed by atoms with E-state index in [1.165, 1.54) is 12.5 Å². The Labute approximate surface area is 155 Å². The number of rotatable bonds is 5. The van der Waals surface area contributed by atoms with E-state index >= 15 is 0 Å². The van der Waals surface area contributed by atoms with Crippen LogP contribution >= 0.6 is 0 Å². The van der Waals surface area contributed by atoms with Gasteiger partial charge in [-0.3, -0.25) is 14.5 Å². The number of hydrogen-bond acceptors (Lipinski definition) is 4. The summed E-state index contributed by atoms with van der Waals surface area (Å²) in [6.45, 7) is 5.75. The number of nitrogens with zero attached hydrogens (tertiary/aromatic N) is 2. The average molecular weight is 358 g/mol. The molecular weight excluding hydrogens is 328 g/mol. The minimum absolute atomic E-state index is 0.0275. The predicted molar refractivity (Wildman–Crippen MR) is 102 cm³/mol. The zero-order valence-electron chi connectivity index (χ0n) is 15.6. The maximum Gasteiger partial charge on any atom is 0.236 e. The van der Waals surface area contributed by atoms with Gasteiger partial charge in [0.25, 0.3) is 0 Å². The van der Waals surface area contributed by atoms with E-state index in [1.54, 1.807) is 0 Å². The highest BCUT2D eigenvalue weighted by molar-refractivity contribution is 5.79. The monoisotopic (exact) mass is 358 g/mol. The summed E-state index contributed by atoms with van der Waals surface area (Å²) in [5.74, 6) is 0.908. The van der Waals surface area contributed by atoms with Crippen LogP contribution in [0.15, 0.2) is 30.3 Å². The van der Waals surface area contributed by atoms with Gasteiger partial charge in [0.2, 0.25) is 11.8 Å². The lowest BCUT2D eigenvalue weighted by Gasteiger charge is -2.34.